The lowest BCUT2D eigenvalue weighted by molar-refractivity contribution is -0.461. The fourth-order valence-electron chi connectivity index (χ4n) is 2.75. The zero-order valence-corrected chi connectivity index (χ0v) is 19.5. The van der Waals surface area contributed by atoms with Gasteiger partial charge in [0.15, 0.2) is 0 Å². The van der Waals surface area contributed by atoms with Gasteiger partial charge in [0, 0.05) is 13.0 Å². The Balaban J connectivity index is 2.92. The third-order valence-electron chi connectivity index (χ3n) is 5.16. The number of methoxy groups -OCH3 is 1. The van der Waals surface area contributed by atoms with Gasteiger partial charge in [0.25, 0.3) is 0 Å². The Morgan fingerprint density at radius 3 is 1.40 bits per heavy atom. The molecule has 0 aromatic heterocycles. The second-order valence-electron chi connectivity index (χ2n) is 7.97. The fraction of sp³-hybridized carbons (Fsp3) is 0.700. The van der Waals surface area contributed by atoms with Crippen LogP contribution in [0.1, 0.15) is 18.4 Å². The molecule has 0 aliphatic rings. The van der Waals surface area contributed by atoms with Crippen molar-refractivity contribution >= 4 is 0 Å². The normalized spacial score (nSPS) is 14.9. The van der Waals surface area contributed by atoms with E-state index >= 15 is 0 Å². The molecule has 0 N–H and O–H groups in total. The molecule has 0 unspecified atom stereocenters. The Morgan fingerprint density at radius 2 is 0.975 bits per heavy atom. The van der Waals surface area contributed by atoms with Crippen molar-refractivity contribution in [3.05, 3.63) is 29.8 Å². The second kappa shape index (κ2) is 11.6. The lowest BCUT2D eigenvalue weighted by atomic mass is 9.88. The maximum Gasteiger partial charge on any atom is 0.460 e. The Kier molecular flexibility index (Phi) is 10.3. The molecular formula is C20H17F17O3. The molecule has 0 bridgehead atoms. The SMILES string of the molecule is COc1ccc(COCOCCCC(F)(F)C(F)(F)C(F)(F)C(F)(F)C(F)(F)C(F)(F)C(F)(F)C(F)(F)F)cc1. The molecule has 1 aromatic carbocycles. The minimum absolute atomic E-state index is 0.161. The minimum Gasteiger partial charge on any atom is -0.497 e. The van der Waals surface area contributed by atoms with Gasteiger partial charge in [0.05, 0.1) is 13.7 Å². The summed E-state index contributed by atoms with van der Waals surface area (Å²) in [5, 5.41) is 0. The van der Waals surface area contributed by atoms with Gasteiger partial charge in [-0.05, 0) is 24.1 Å². The van der Waals surface area contributed by atoms with Gasteiger partial charge < -0.3 is 14.2 Å². The number of halogens is 17. The summed E-state index contributed by atoms with van der Waals surface area (Å²) in [6, 6.07) is 6.06. The average molecular weight is 628 g/mol. The van der Waals surface area contributed by atoms with Gasteiger partial charge in [-0.1, -0.05) is 12.1 Å². The zero-order valence-electron chi connectivity index (χ0n) is 19.5. The van der Waals surface area contributed by atoms with Crippen LogP contribution in [0, 0.1) is 0 Å². The molecular weight excluding hydrogens is 611 g/mol. The topological polar surface area (TPSA) is 27.7 Å². The third-order valence-corrected chi connectivity index (χ3v) is 5.16. The van der Waals surface area contributed by atoms with Crippen molar-refractivity contribution < 1.29 is 88.8 Å². The molecule has 0 atom stereocenters. The highest BCUT2D eigenvalue weighted by Crippen LogP contribution is 2.64. The van der Waals surface area contributed by atoms with Crippen LogP contribution in [-0.2, 0) is 16.1 Å². The second-order valence-corrected chi connectivity index (χ2v) is 7.97. The molecule has 0 amide bonds. The van der Waals surface area contributed by atoms with Gasteiger partial charge in [-0.3, -0.25) is 0 Å². The number of hydrogen-bond donors (Lipinski definition) is 0. The van der Waals surface area contributed by atoms with Gasteiger partial charge in [-0.25, -0.2) is 0 Å². The molecule has 20 heteroatoms. The van der Waals surface area contributed by atoms with Gasteiger partial charge >= 0.3 is 47.6 Å². The van der Waals surface area contributed by atoms with Gasteiger partial charge in [-0.2, -0.15) is 74.6 Å². The maximum absolute atomic E-state index is 13.8. The minimum atomic E-state index is -8.63. The van der Waals surface area contributed by atoms with Gasteiger partial charge in [0.2, 0.25) is 0 Å². The van der Waals surface area contributed by atoms with E-state index in [1.54, 1.807) is 0 Å². The van der Waals surface area contributed by atoms with Crippen LogP contribution < -0.4 is 4.74 Å². The molecule has 0 saturated heterocycles. The molecule has 0 saturated carbocycles. The van der Waals surface area contributed by atoms with E-state index in [-0.39, 0.29) is 6.61 Å². The van der Waals surface area contributed by atoms with Crippen LogP contribution >= 0.6 is 0 Å². The summed E-state index contributed by atoms with van der Waals surface area (Å²) in [6.07, 6.45) is -11.7. The third kappa shape index (κ3) is 6.15. The van der Waals surface area contributed by atoms with Crippen LogP contribution in [0.4, 0.5) is 74.6 Å². The first-order valence-corrected chi connectivity index (χ1v) is 10.3. The molecule has 1 aromatic rings. The van der Waals surface area contributed by atoms with E-state index in [0.717, 1.165) is 0 Å². The summed E-state index contributed by atoms with van der Waals surface area (Å²) < 4.78 is 239. The molecule has 1 rings (SSSR count). The summed E-state index contributed by atoms with van der Waals surface area (Å²) in [7, 11) is 1.37. The lowest BCUT2D eigenvalue weighted by Gasteiger charge is -2.42. The quantitative estimate of drug-likeness (QED) is 0.112. The smallest absolute Gasteiger partial charge is 0.460 e. The molecule has 0 aliphatic heterocycles. The summed E-state index contributed by atoms with van der Waals surface area (Å²) in [4.78, 5) is 0. The van der Waals surface area contributed by atoms with E-state index in [1.165, 1.54) is 31.4 Å². The first kappa shape index (κ1) is 35.8. The highest BCUT2D eigenvalue weighted by molar-refractivity contribution is 5.26. The van der Waals surface area contributed by atoms with Crippen molar-refractivity contribution in [3.8, 4) is 5.75 Å². The molecule has 3 nitrogen and oxygen atoms in total. The standard InChI is InChI=1S/C20H17F17O3/c1-38-12-5-3-11(4-6-12)9-40-10-39-8-2-7-13(21,22)14(23,24)15(25,26)16(27,28)17(29,30)18(31,32)19(33,34)20(35,36)37/h3-6H,2,7-10H2,1H3. The molecule has 0 fully saturated rings. The predicted molar refractivity (Wildman–Crippen MR) is 98.5 cm³/mol. The molecule has 234 valence electrons. The monoisotopic (exact) mass is 628 g/mol. The van der Waals surface area contributed by atoms with Gasteiger partial charge in [0.1, 0.15) is 12.5 Å². The molecule has 40 heavy (non-hydrogen) atoms. The number of ether oxygens (including phenoxy) is 3. The molecule has 0 spiro atoms. The summed E-state index contributed by atoms with van der Waals surface area (Å²) >= 11 is 0. The van der Waals surface area contributed by atoms with Crippen molar-refractivity contribution in [2.75, 3.05) is 20.5 Å². The van der Waals surface area contributed by atoms with E-state index < -0.39 is 73.9 Å². The van der Waals surface area contributed by atoms with Crippen LogP contribution in [0.2, 0.25) is 0 Å². The van der Waals surface area contributed by atoms with Crippen LogP contribution in [0.3, 0.4) is 0 Å². The van der Waals surface area contributed by atoms with Crippen molar-refractivity contribution in [2.24, 2.45) is 0 Å². The van der Waals surface area contributed by atoms with E-state index in [4.69, 9.17) is 9.47 Å². The predicted octanol–water partition coefficient (Wildman–Crippen LogP) is 7.98. The molecule has 0 radical (unpaired) electrons. The van der Waals surface area contributed by atoms with Crippen molar-refractivity contribution in [1.29, 1.82) is 0 Å². The number of hydrogen-bond acceptors (Lipinski definition) is 3. The Bertz CT molecular complexity index is 958. The maximum atomic E-state index is 13.8. The van der Waals surface area contributed by atoms with E-state index in [2.05, 4.69) is 4.74 Å². The Morgan fingerprint density at radius 1 is 0.550 bits per heavy atom. The van der Waals surface area contributed by atoms with Crippen LogP contribution in [-0.4, -0.2) is 68.1 Å². The van der Waals surface area contributed by atoms with Crippen LogP contribution in [0.25, 0.3) is 0 Å². The highest BCUT2D eigenvalue weighted by Gasteiger charge is 2.95. The molecule has 0 aliphatic carbocycles. The Labute approximate surface area is 213 Å². The van der Waals surface area contributed by atoms with Crippen molar-refractivity contribution in [1.82, 2.24) is 0 Å². The van der Waals surface area contributed by atoms with E-state index in [0.29, 0.717) is 11.3 Å². The molecule has 0 heterocycles. The highest BCUT2D eigenvalue weighted by atomic mass is 19.4. The lowest BCUT2D eigenvalue weighted by Crippen LogP contribution is -2.74. The van der Waals surface area contributed by atoms with Crippen LogP contribution in [0.5, 0.6) is 5.75 Å². The summed E-state index contributed by atoms with van der Waals surface area (Å²) in [6.45, 7) is -1.91. The Hall–Kier alpha value is -2.25. The van der Waals surface area contributed by atoms with E-state index in [9.17, 15) is 74.6 Å². The first-order valence-electron chi connectivity index (χ1n) is 10.3. The zero-order chi connectivity index (χ0) is 31.6. The summed E-state index contributed by atoms with van der Waals surface area (Å²) in [5.74, 6) is -55.8. The van der Waals surface area contributed by atoms with Crippen molar-refractivity contribution in [2.45, 2.75) is 67.1 Å². The van der Waals surface area contributed by atoms with Crippen molar-refractivity contribution in [3.63, 3.8) is 0 Å². The number of benzene rings is 1. The fourth-order valence-corrected chi connectivity index (χ4v) is 2.75. The van der Waals surface area contributed by atoms with Gasteiger partial charge in [-0.15, -0.1) is 0 Å². The number of alkyl halides is 17. The first-order chi connectivity index (χ1) is 17.8. The number of rotatable bonds is 15. The summed E-state index contributed by atoms with van der Waals surface area (Å²) in [5.41, 5.74) is 0.522. The van der Waals surface area contributed by atoms with E-state index in [1.807, 2.05) is 0 Å². The largest absolute Gasteiger partial charge is 0.497 e. The van der Waals surface area contributed by atoms with Crippen LogP contribution in [0.15, 0.2) is 24.3 Å². The average Bonchev–Trinajstić information content (AvgIpc) is 2.82.